The fraction of sp³-hybridized carbons (Fsp3) is 0.143. The molecule has 100 valence electrons. The molecule has 0 atom stereocenters. The van der Waals surface area contributed by atoms with Crippen LogP contribution in [0.3, 0.4) is 0 Å². The molecule has 1 N–H and O–H groups in total. The molecule has 0 saturated carbocycles. The quantitative estimate of drug-likeness (QED) is 0.772. The summed E-state index contributed by atoms with van der Waals surface area (Å²) in [6.07, 6.45) is -4.39. The molecule has 0 aliphatic heterocycles. The van der Waals surface area contributed by atoms with Crippen molar-refractivity contribution in [2.24, 2.45) is 0 Å². The molecule has 0 radical (unpaired) electrons. The number of nitrogens with one attached hydrogen (secondary N) is 1. The number of ether oxygens (including phenoxy) is 1. The van der Waals surface area contributed by atoms with Gasteiger partial charge in [0.15, 0.2) is 0 Å². The lowest BCUT2D eigenvalue weighted by Gasteiger charge is -2.14. The van der Waals surface area contributed by atoms with Gasteiger partial charge in [0.1, 0.15) is 12.4 Å². The zero-order valence-corrected chi connectivity index (χ0v) is 9.87. The average molecular weight is 266 g/mol. The third-order valence-electron chi connectivity index (χ3n) is 2.55. The van der Waals surface area contributed by atoms with E-state index in [2.05, 4.69) is 0 Å². The van der Waals surface area contributed by atoms with Crippen LogP contribution in [0.1, 0.15) is 11.1 Å². The lowest BCUT2D eigenvalue weighted by Crippen LogP contribution is -2.10. The molecular weight excluding hydrogens is 255 g/mol. The summed E-state index contributed by atoms with van der Waals surface area (Å²) in [6.45, 7) is -0.181. The summed E-state index contributed by atoms with van der Waals surface area (Å²) in [4.78, 5) is 0. The van der Waals surface area contributed by atoms with Gasteiger partial charge in [0.25, 0.3) is 0 Å². The predicted molar refractivity (Wildman–Crippen MR) is 66.2 cm³/mol. The van der Waals surface area contributed by atoms with Crippen LogP contribution in [-0.2, 0) is 12.8 Å². The molecule has 0 bridgehead atoms. The van der Waals surface area contributed by atoms with E-state index in [0.717, 1.165) is 6.07 Å². The van der Waals surface area contributed by atoms with Crippen LogP contribution in [0.2, 0.25) is 0 Å². The Labute approximate surface area is 108 Å². The number of hydrogen-bond acceptors (Lipinski definition) is 1. The van der Waals surface area contributed by atoms with Gasteiger partial charge in [-0.05, 0) is 18.2 Å². The van der Waals surface area contributed by atoms with Gasteiger partial charge in [-0.3, -0.25) is 0 Å². The summed E-state index contributed by atoms with van der Waals surface area (Å²) in [6, 6.07) is 11.5. The topological polar surface area (TPSA) is 33.0 Å². The summed E-state index contributed by atoms with van der Waals surface area (Å²) in [5, 5.41) is 0. The van der Waals surface area contributed by atoms with E-state index in [-0.39, 0.29) is 17.9 Å². The molecule has 0 aliphatic rings. The Balaban J connectivity index is 2.16. The fourth-order valence-electron chi connectivity index (χ4n) is 1.67. The van der Waals surface area contributed by atoms with Gasteiger partial charge in [0, 0.05) is 5.56 Å². The highest BCUT2D eigenvalue weighted by Crippen LogP contribution is 2.32. The van der Waals surface area contributed by atoms with Crippen molar-refractivity contribution in [3.63, 3.8) is 0 Å². The monoisotopic (exact) mass is 266 g/mol. The van der Waals surface area contributed by atoms with Gasteiger partial charge in [-0.25, -0.2) is 0 Å². The minimum atomic E-state index is -4.39. The SMILES string of the molecule is [NH-]c1cccc(OCc2ccccc2C(F)(F)F)c1. The zero-order valence-electron chi connectivity index (χ0n) is 9.87. The minimum Gasteiger partial charge on any atom is -0.699 e. The Morgan fingerprint density at radius 2 is 1.74 bits per heavy atom. The van der Waals surface area contributed by atoms with Crippen molar-refractivity contribution in [1.29, 1.82) is 0 Å². The van der Waals surface area contributed by atoms with Gasteiger partial charge in [0.05, 0.1) is 5.56 Å². The highest BCUT2D eigenvalue weighted by atomic mass is 19.4. The minimum absolute atomic E-state index is 0.0744. The van der Waals surface area contributed by atoms with Gasteiger partial charge in [-0.15, -0.1) is 5.69 Å². The molecule has 19 heavy (non-hydrogen) atoms. The lowest BCUT2D eigenvalue weighted by molar-refractivity contribution is -0.138. The highest BCUT2D eigenvalue weighted by Gasteiger charge is 2.32. The first-order valence-electron chi connectivity index (χ1n) is 5.56. The molecule has 0 unspecified atom stereocenters. The van der Waals surface area contributed by atoms with Crippen molar-refractivity contribution in [2.75, 3.05) is 0 Å². The molecule has 2 aromatic rings. The third-order valence-corrected chi connectivity index (χ3v) is 2.55. The fourth-order valence-corrected chi connectivity index (χ4v) is 1.67. The first-order valence-corrected chi connectivity index (χ1v) is 5.56. The molecule has 0 aromatic heterocycles. The molecule has 0 aliphatic carbocycles. The second kappa shape index (κ2) is 5.22. The van der Waals surface area contributed by atoms with Crippen LogP contribution in [0.25, 0.3) is 5.73 Å². The Bertz CT molecular complexity index is 567. The van der Waals surface area contributed by atoms with Crippen LogP contribution in [0.5, 0.6) is 5.75 Å². The van der Waals surface area contributed by atoms with Gasteiger partial charge < -0.3 is 10.5 Å². The summed E-state index contributed by atoms with van der Waals surface area (Å²) in [7, 11) is 0. The van der Waals surface area contributed by atoms with Crippen LogP contribution in [0.4, 0.5) is 18.9 Å². The van der Waals surface area contributed by atoms with Crippen molar-refractivity contribution in [3.05, 3.63) is 65.4 Å². The molecule has 0 spiro atoms. The van der Waals surface area contributed by atoms with E-state index >= 15 is 0 Å². The molecule has 0 amide bonds. The third kappa shape index (κ3) is 3.40. The maximum absolute atomic E-state index is 12.8. The maximum Gasteiger partial charge on any atom is 0.416 e. The lowest BCUT2D eigenvalue weighted by atomic mass is 10.1. The molecule has 2 aromatic carbocycles. The van der Waals surface area contributed by atoms with Crippen molar-refractivity contribution in [1.82, 2.24) is 0 Å². The number of alkyl halides is 3. The van der Waals surface area contributed by atoms with E-state index in [1.807, 2.05) is 0 Å². The highest BCUT2D eigenvalue weighted by molar-refractivity contribution is 5.47. The molecule has 5 heteroatoms. The maximum atomic E-state index is 12.8. The number of rotatable bonds is 3. The van der Waals surface area contributed by atoms with Crippen LogP contribution >= 0.6 is 0 Å². The van der Waals surface area contributed by atoms with Gasteiger partial charge in [0.2, 0.25) is 0 Å². The molecule has 0 fully saturated rings. The van der Waals surface area contributed by atoms with Crippen LogP contribution in [0.15, 0.2) is 48.5 Å². The normalized spacial score (nSPS) is 11.3. The second-order valence-corrected chi connectivity index (χ2v) is 3.97. The first kappa shape index (κ1) is 13.3. The van der Waals surface area contributed by atoms with E-state index in [9.17, 15) is 13.2 Å². The summed E-state index contributed by atoms with van der Waals surface area (Å²) < 4.78 is 43.5. The van der Waals surface area contributed by atoms with E-state index in [0.29, 0.717) is 5.75 Å². The molecule has 0 heterocycles. The van der Waals surface area contributed by atoms with Crippen molar-refractivity contribution in [3.8, 4) is 5.75 Å². The van der Waals surface area contributed by atoms with Crippen LogP contribution < -0.4 is 4.74 Å². The van der Waals surface area contributed by atoms with Crippen LogP contribution in [-0.4, -0.2) is 0 Å². The Hall–Kier alpha value is -2.17. The molecular formula is C14H11F3NO-. The summed E-state index contributed by atoms with van der Waals surface area (Å²) >= 11 is 0. The Morgan fingerprint density at radius 1 is 1.00 bits per heavy atom. The van der Waals surface area contributed by atoms with Crippen LogP contribution in [0, 0.1) is 0 Å². The van der Waals surface area contributed by atoms with Crippen molar-refractivity contribution in [2.45, 2.75) is 12.8 Å². The second-order valence-electron chi connectivity index (χ2n) is 3.97. The molecule has 2 nitrogen and oxygen atoms in total. The van der Waals surface area contributed by atoms with Gasteiger partial charge in [-0.2, -0.15) is 13.2 Å². The Kier molecular flexibility index (Phi) is 3.64. The summed E-state index contributed by atoms with van der Waals surface area (Å²) in [5.41, 5.74) is 7.03. The van der Waals surface area contributed by atoms with E-state index < -0.39 is 11.7 Å². The number of hydrogen-bond donors (Lipinski definition) is 0. The number of halogens is 3. The largest absolute Gasteiger partial charge is 0.699 e. The average Bonchev–Trinajstić information content (AvgIpc) is 2.36. The molecule has 2 rings (SSSR count). The standard InChI is InChI=1S/C14H11F3NO/c15-14(16,17)13-7-2-1-4-10(13)9-19-12-6-3-5-11(18)8-12/h1-8,18H,9H2/q-1. The Morgan fingerprint density at radius 3 is 2.42 bits per heavy atom. The predicted octanol–water partition coefficient (Wildman–Crippen LogP) is 4.97. The van der Waals surface area contributed by atoms with Crippen molar-refractivity contribution < 1.29 is 17.9 Å². The van der Waals surface area contributed by atoms with Gasteiger partial charge in [-0.1, -0.05) is 30.3 Å². The van der Waals surface area contributed by atoms with E-state index in [4.69, 9.17) is 10.5 Å². The number of benzene rings is 2. The smallest absolute Gasteiger partial charge is 0.416 e. The first-order chi connectivity index (χ1) is 8.97. The van der Waals surface area contributed by atoms with Gasteiger partial charge >= 0.3 is 6.18 Å². The summed E-state index contributed by atoms with van der Waals surface area (Å²) in [5.74, 6) is 0.379. The van der Waals surface area contributed by atoms with Crippen molar-refractivity contribution >= 4 is 5.69 Å². The van der Waals surface area contributed by atoms with E-state index in [1.54, 1.807) is 18.2 Å². The van der Waals surface area contributed by atoms with E-state index in [1.165, 1.54) is 24.3 Å². The molecule has 0 saturated heterocycles. The zero-order chi connectivity index (χ0) is 13.9.